The highest BCUT2D eigenvalue weighted by Crippen LogP contribution is 2.32. The second kappa shape index (κ2) is 6.66. The molecule has 3 rings (SSSR count). The summed E-state index contributed by atoms with van der Waals surface area (Å²) in [7, 11) is -3.51. The fraction of sp³-hybridized carbons (Fsp3) is 0.278. The monoisotopic (exact) mass is 389 g/mol. The van der Waals surface area contributed by atoms with Gasteiger partial charge in [0.25, 0.3) is 11.8 Å². The predicted octanol–water partition coefficient (Wildman–Crippen LogP) is 1.60. The molecule has 0 bridgehead atoms. The molecule has 1 unspecified atom stereocenters. The predicted molar refractivity (Wildman–Crippen MR) is 100 cm³/mol. The SMILES string of the molecule is CCS(=O)(=O)c1ccc(O)c(NC(=O)C2(C)CC(=O)N=C3C=CC=CN32)c1. The highest BCUT2D eigenvalue weighted by molar-refractivity contribution is 7.91. The van der Waals surface area contributed by atoms with E-state index in [-0.39, 0.29) is 28.5 Å². The molecular formula is C18H19N3O5S. The van der Waals surface area contributed by atoms with Gasteiger partial charge in [0, 0.05) is 6.20 Å². The van der Waals surface area contributed by atoms with Crippen LogP contribution >= 0.6 is 0 Å². The molecule has 9 heteroatoms. The molecule has 2 amide bonds. The van der Waals surface area contributed by atoms with Gasteiger partial charge in [-0.1, -0.05) is 13.0 Å². The van der Waals surface area contributed by atoms with E-state index in [0.29, 0.717) is 5.84 Å². The van der Waals surface area contributed by atoms with Gasteiger partial charge < -0.3 is 15.3 Å². The lowest BCUT2D eigenvalue weighted by Crippen LogP contribution is -2.58. The number of hydrogen-bond donors (Lipinski definition) is 2. The average molecular weight is 389 g/mol. The number of carbonyl (C=O) groups is 2. The van der Waals surface area contributed by atoms with Gasteiger partial charge in [0.15, 0.2) is 9.84 Å². The van der Waals surface area contributed by atoms with Crippen molar-refractivity contribution in [2.45, 2.75) is 30.7 Å². The Kier molecular flexibility index (Phi) is 4.64. The van der Waals surface area contributed by atoms with E-state index in [1.165, 1.54) is 25.1 Å². The second-order valence-corrected chi connectivity index (χ2v) is 8.70. The second-order valence-electron chi connectivity index (χ2n) is 6.42. The van der Waals surface area contributed by atoms with Gasteiger partial charge in [-0.05, 0) is 37.3 Å². The number of hydrogen-bond acceptors (Lipinski definition) is 6. The number of anilines is 1. The number of phenols is 1. The fourth-order valence-electron chi connectivity index (χ4n) is 2.91. The van der Waals surface area contributed by atoms with Gasteiger partial charge in [-0.15, -0.1) is 0 Å². The molecule has 1 aromatic rings. The highest BCUT2D eigenvalue weighted by atomic mass is 32.2. The van der Waals surface area contributed by atoms with Gasteiger partial charge in [0.2, 0.25) is 0 Å². The van der Waals surface area contributed by atoms with Crippen LogP contribution in [0.4, 0.5) is 5.69 Å². The van der Waals surface area contributed by atoms with Crippen LogP contribution in [0.1, 0.15) is 20.3 Å². The molecule has 27 heavy (non-hydrogen) atoms. The first kappa shape index (κ1) is 18.8. The minimum absolute atomic E-state index is 0.00831. The van der Waals surface area contributed by atoms with Gasteiger partial charge in [-0.2, -0.15) is 4.99 Å². The van der Waals surface area contributed by atoms with Crippen LogP contribution < -0.4 is 5.32 Å². The lowest BCUT2D eigenvalue weighted by molar-refractivity contribution is -0.130. The van der Waals surface area contributed by atoms with Crippen LogP contribution in [0, 0.1) is 0 Å². The van der Waals surface area contributed by atoms with E-state index < -0.39 is 27.2 Å². The summed E-state index contributed by atoms with van der Waals surface area (Å²) in [6.07, 6.45) is 6.52. The van der Waals surface area contributed by atoms with Crippen molar-refractivity contribution in [2.75, 3.05) is 11.1 Å². The molecular weight excluding hydrogens is 370 g/mol. The third-order valence-electron chi connectivity index (χ3n) is 4.55. The summed E-state index contributed by atoms with van der Waals surface area (Å²) in [6, 6.07) is 3.70. The van der Waals surface area contributed by atoms with Crippen LogP contribution in [0.2, 0.25) is 0 Å². The van der Waals surface area contributed by atoms with Gasteiger partial charge in [0.1, 0.15) is 17.1 Å². The Bertz CT molecular complexity index is 1010. The maximum absolute atomic E-state index is 13.0. The van der Waals surface area contributed by atoms with Crippen LogP contribution in [0.15, 0.2) is 52.5 Å². The van der Waals surface area contributed by atoms with Crippen molar-refractivity contribution in [1.82, 2.24) is 4.90 Å². The van der Waals surface area contributed by atoms with E-state index in [9.17, 15) is 23.1 Å². The first-order valence-electron chi connectivity index (χ1n) is 8.30. The first-order chi connectivity index (χ1) is 12.7. The molecule has 0 saturated carbocycles. The molecule has 2 N–H and O–H groups in total. The number of aliphatic imine (C=N–C) groups is 1. The Morgan fingerprint density at radius 1 is 1.37 bits per heavy atom. The lowest BCUT2D eigenvalue weighted by atomic mass is 9.91. The van der Waals surface area contributed by atoms with Gasteiger partial charge in [-0.25, -0.2) is 8.42 Å². The summed E-state index contributed by atoms with van der Waals surface area (Å²) < 4.78 is 24.1. The molecule has 2 aliphatic heterocycles. The number of nitrogens with one attached hydrogen (secondary N) is 1. The molecule has 0 spiro atoms. The molecule has 0 saturated heterocycles. The lowest BCUT2D eigenvalue weighted by Gasteiger charge is -2.41. The number of rotatable bonds is 4. The number of fused-ring (bicyclic) bond motifs is 1. The van der Waals surface area contributed by atoms with Crippen molar-refractivity contribution >= 4 is 33.2 Å². The molecule has 2 aliphatic rings. The minimum Gasteiger partial charge on any atom is -0.506 e. The summed E-state index contributed by atoms with van der Waals surface area (Å²) in [5, 5.41) is 12.6. The molecule has 1 atom stereocenters. The molecule has 8 nitrogen and oxygen atoms in total. The van der Waals surface area contributed by atoms with Gasteiger partial charge in [0.05, 0.1) is 22.8 Å². The van der Waals surface area contributed by atoms with Crippen LogP contribution in [0.25, 0.3) is 0 Å². The van der Waals surface area contributed by atoms with Crippen molar-refractivity contribution in [3.63, 3.8) is 0 Å². The molecule has 0 aliphatic carbocycles. The molecule has 2 heterocycles. The largest absolute Gasteiger partial charge is 0.506 e. The Hall–Kier alpha value is -2.94. The van der Waals surface area contributed by atoms with Crippen molar-refractivity contribution < 1.29 is 23.1 Å². The summed E-state index contributed by atoms with van der Waals surface area (Å²) >= 11 is 0. The zero-order valence-electron chi connectivity index (χ0n) is 14.8. The molecule has 142 valence electrons. The van der Waals surface area contributed by atoms with E-state index in [1.54, 1.807) is 36.3 Å². The normalized spacial score (nSPS) is 21.6. The van der Waals surface area contributed by atoms with Gasteiger partial charge in [-0.3, -0.25) is 9.59 Å². The van der Waals surface area contributed by atoms with E-state index >= 15 is 0 Å². The van der Waals surface area contributed by atoms with Crippen molar-refractivity contribution in [2.24, 2.45) is 4.99 Å². The summed E-state index contributed by atoms with van der Waals surface area (Å²) in [4.78, 5) is 30.5. The maximum Gasteiger partial charge on any atom is 0.251 e. The smallest absolute Gasteiger partial charge is 0.251 e. The first-order valence-corrected chi connectivity index (χ1v) is 9.95. The van der Waals surface area contributed by atoms with Crippen LogP contribution in [0.5, 0.6) is 5.75 Å². The number of amides is 2. The van der Waals surface area contributed by atoms with Crippen LogP contribution in [-0.2, 0) is 19.4 Å². The Morgan fingerprint density at radius 2 is 2.11 bits per heavy atom. The average Bonchev–Trinajstić information content (AvgIpc) is 2.63. The standard InChI is InChI=1S/C18H19N3O5S/c1-3-27(25,26)12-7-8-14(22)13(10-12)19-17(24)18(2)11-16(23)20-15-6-4-5-9-21(15)18/h4-10,22H,3,11H2,1-2H3,(H,19,24). The quantitative estimate of drug-likeness (QED) is 0.756. The topological polar surface area (TPSA) is 116 Å². The van der Waals surface area contributed by atoms with E-state index in [4.69, 9.17) is 0 Å². The van der Waals surface area contributed by atoms with Crippen LogP contribution in [-0.4, -0.2) is 47.4 Å². The zero-order valence-corrected chi connectivity index (χ0v) is 15.7. The number of nitrogens with zero attached hydrogens (tertiary/aromatic N) is 2. The molecule has 0 aromatic heterocycles. The number of aromatic hydroxyl groups is 1. The third-order valence-corrected chi connectivity index (χ3v) is 6.28. The highest BCUT2D eigenvalue weighted by Gasteiger charge is 2.45. The number of allylic oxidation sites excluding steroid dienone is 2. The fourth-order valence-corrected chi connectivity index (χ4v) is 3.82. The van der Waals surface area contributed by atoms with Crippen molar-refractivity contribution in [3.05, 3.63) is 42.6 Å². The maximum atomic E-state index is 13.0. The number of benzene rings is 1. The number of amidine groups is 1. The van der Waals surface area contributed by atoms with E-state index in [0.717, 1.165) is 0 Å². The Labute approximate surface area is 156 Å². The Balaban J connectivity index is 1.95. The third kappa shape index (κ3) is 3.37. The molecule has 0 fully saturated rings. The minimum atomic E-state index is -3.51. The van der Waals surface area contributed by atoms with Crippen molar-refractivity contribution in [3.8, 4) is 5.75 Å². The van der Waals surface area contributed by atoms with E-state index in [1.807, 2.05) is 0 Å². The summed E-state index contributed by atoms with van der Waals surface area (Å²) in [5.74, 6) is -1.04. The summed E-state index contributed by atoms with van der Waals surface area (Å²) in [5.41, 5.74) is -1.31. The van der Waals surface area contributed by atoms with E-state index in [2.05, 4.69) is 10.3 Å². The zero-order chi connectivity index (χ0) is 19.8. The molecule has 0 radical (unpaired) electrons. The van der Waals surface area contributed by atoms with Crippen LogP contribution in [0.3, 0.4) is 0 Å². The molecule has 1 aromatic carbocycles. The van der Waals surface area contributed by atoms with Gasteiger partial charge >= 0.3 is 0 Å². The number of carbonyl (C=O) groups excluding carboxylic acids is 2. The Morgan fingerprint density at radius 3 is 2.81 bits per heavy atom. The number of phenolic OH excluding ortho intramolecular Hbond substituents is 1. The van der Waals surface area contributed by atoms with Crippen molar-refractivity contribution in [1.29, 1.82) is 0 Å². The number of sulfone groups is 1. The summed E-state index contributed by atoms with van der Waals surface area (Å²) in [6.45, 7) is 3.09.